The Morgan fingerprint density at radius 2 is 1.79 bits per heavy atom. The van der Waals surface area contributed by atoms with E-state index in [2.05, 4.69) is 20.4 Å². The molecule has 1 amide bonds. The molecule has 0 bridgehead atoms. The first-order chi connectivity index (χ1) is 13.7. The van der Waals surface area contributed by atoms with Crippen molar-refractivity contribution in [2.75, 3.05) is 0 Å². The lowest BCUT2D eigenvalue weighted by Gasteiger charge is -2.11. The Labute approximate surface area is 160 Å². The van der Waals surface area contributed by atoms with E-state index in [4.69, 9.17) is 0 Å². The van der Waals surface area contributed by atoms with E-state index in [1.54, 1.807) is 29.2 Å². The summed E-state index contributed by atoms with van der Waals surface area (Å²) in [5.74, 6) is -0.255. The van der Waals surface area contributed by atoms with Crippen LogP contribution in [-0.2, 0) is 24.4 Å². The second kappa shape index (κ2) is 7.83. The van der Waals surface area contributed by atoms with E-state index in [-0.39, 0.29) is 18.0 Å². The summed E-state index contributed by atoms with van der Waals surface area (Å²) in [5, 5.41) is 7.48. The van der Waals surface area contributed by atoms with Gasteiger partial charge in [-0.2, -0.15) is 5.10 Å². The molecule has 0 radical (unpaired) electrons. The molecule has 1 N–H and O–H groups in total. The summed E-state index contributed by atoms with van der Waals surface area (Å²) in [5.41, 5.74) is 2.41. The number of fused-ring (bicyclic) bond motifs is 1. The number of rotatable bonds is 6. The number of hydrogen-bond acceptors (Lipinski definition) is 5. The van der Waals surface area contributed by atoms with E-state index < -0.39 is 0 Å². The molecule has 0 saturated carbocycles. The second-order valence-electron chi connectivity index (χ2n) is 6.33. The van der Waals surface area contributed by atoms with Gasteiger partial charge in [0.1, 0.15) is 19.2 Å². The Bertz CT molecular complexity index is 1170. The van der Waals surface area contributed by atoms with Crippen molar-refractivity contribution >= 4 is 16.8 Å². The van der Waals surface area contributed by atoms with Gasteiger partial charge in [0.25, 0.3) is 5.56 Å². The maximum Gasteiger partial charge on any atom is 0.261 e. The molecule has 0 spiro atoms. The highest BCUT2D eigenvalue weighted by Crippen LogP contribution is 2.10. The second-order valence-corrected chi connectivity index (χ2v) is 6.33. The monoisotopic (exact) mass is 374 g/mol. The molecule has 2 heterocycles. The smallest absolute Gasteiger partial charge is 0.261 e. The fourth-order valence-corrected chi connectivity index (χ4v) is 3.00. The van der Waals surface area contributed by atoms with Gasteiger partial charge in [-0.05, 0) is 23.3 Å². The van der Waals surface area contributed by atoms with Crippen LogP contribution in [0.3, 0.4) is 0 Å². The SMILES string of the molecule is O=C(Cn1cnc2ccccc2c1=O)NCc1ccccc1Cn1cncn1. The maximum absolute atomic E-state index is 12.5. The Morgan fingerprint density at radius 1 is 1.00 bits per heavy atom. The third-order valence-electron chi connectivity index (χ3n) is 4.44. The van der Waals surface area contributed by atoms with Crippen LogP contribution in [0.25, 0.3) is 10.9 Å². The molecule has 4 rings (SSSR count). The molecule has 2 aromatic heterocycles. The average molecular weight is 374 g/mol. The number of amides is 1. The lowest BCUT2D eigenvalue weighted by atomic mass is 10.1. The van der Waals surface area contributed by atoms with Crippen LogP contribution in [0.2, 0.25) is 0 Å². The van der Waals surface area contributed by atoms with Gasteiger partial charge in [-0.25, -0.2) is 14.6 Å². The van der Waals surface area contributed by atoms with Crippen LogP contribution >= 0.6 is 0 Å². The molecule has 0 fully saturated rings. The number of carbonyl (C=O) groups excluding carboxylic acids is 1. The maximum atomic E-state index is 12.5. The minimum Gasteiger partial charge on any atom is -0.350 e. The van der Waals surface area contributed by atoms with Crippen molar-refractivity contribution in [1.29, 1.82) is 0 Å². The number of carbonyl (C=O) groups is 1. The zero-order valence-corrected chi connectivity index (χ0v) is 15.0. The van der Waals surface area contributed by atoms with Gasteiger partial charge in [0.2, 0.25) is 5.91 Å². The standard InChI is InChI=1S/C20H18N6O2/c27-19(11-25-14-23-18-8-4-3-7-17(18)20(25)28)22-9-15-5-1-2-6-16(15)10-26-13-21-12-24-26/h1-8,12-14H,9-11H2,(H,22,27). The van der Waals surface area contributed by atoms with Gasteiger partial charge in [0, 0.05) is 6.54 Å². The largest absolute Gasteiger partial charge is 0.350 e. The number of benzene rings is 2. The molecule has 0 atom stereocenters. The summed E-state index contributed by atoms with van der Waals surface area (Å²) in [7, 11) is 0. The van der Waals surface area contributed by atoms with Gasteiger partial charge < -0.3 is 5.32 Å². The van der Waals surface area contributed by atoms with E-state index >= 15 is 0 Å². The van der Waals surface area contributed by atoms with Crippen molar-refractivity contribution in [2.45, 2.75) is 19.6 Å². The topological polar surface area (TPSA) is 94.7 Å². The molecule has 4 aromatic rings. The Morgan fingerprint density at radius 3 is 2.61 bits per heavy atom. The third-order valence-corrected chi connectivity index (χ3v) is 4.44. The van der Waals surface area contributed by atoms with Gasteiger partial charge in [0.05, 0.1) is 23.8 Å². The molecule has 2 aromatic carbocycles. The number of nitrogens with zero attached hydrogens (tertiary/aromatic N) is 5. The fraction of sp³-hybridized carbons (Fsp3) is 0.150. The number of para-hydroxylation sites is 1. The van der Waals surface area contributed by atoms with Crippen molar-refractivity contribution in [3.05, 3.63) is 89.0 Å². The summed E-state index contributed by atoms with van der Waals surface area (Å²) in [4.78, 5) is 33.1. The van der Waals surface area contributed by atoms with Crippen molar-refractivity contribution in [1.82, 2.24) is 29.6 Å². The predicted octanol–water partition coefficient (Wildman–Crippen LogP) is 1.35. The van der Waals surface area contributed by atoms with Crippen LogP contribution in [0.1, 0.15) is 11.1 Å². The zero-order valence-electron chi connectivity index (χ0n) is 15.0. The van der Waals surface area contributed by atoms with Crippen LogP contribution in [-0.4, -0.2) is 30.2 Å². The summed E-state index contributed by atoms with van der Waals surface area (Å²) < 4.78 is 3.04. The molecule has 140 valence electrons. The van der Waals surface area contributed by atoms with Gasteiger partial charge in [-0.15, -0.1) is 0 Å². The predicted molar refractivity (Wildman–Crippen MR) is 103 cm³/mol. The first-order valence-corrected chi connectivity index (χ1v) is 8.81. The van der Waals surface area contributed by atoms with Crippen molar-refractivity contribution < 1.29 is 4.79 Å². The van der Waals surface area contributed by atoms with Gasteiger partial charge in [-0.3, -0.25) is 14.2 Å². The molecular weight excluding hydrogens is 356 g/mol. The van der Waals surface area contributed by atoms with Crippen molar-refractivity contribution in [3.63, 3.8) is 0 Å². The first-order valence-electron chi connectivity index (χ1n) is 8.81. The molecule has 0 aliphatic heterocycles. The van der Waals surface area contributed by atoms with Crippen LogP contribution in [0.15, 0.2) is 72.3 Å². The van der Waals surface area contributed by atoms with Crippen molar-refractivity contribution in [3.8, 4) is 0 Å². The number of aromatic nitrogens is 5. The summed E-state index contributed by atoms with van der Waals surface area (Å²) in [6, 6.07) is 14.9. The first kappa shape index (κ1) is 17.6. The Kier molecular flexibility index (Phi) is 4.92. The fourth-order valence-electron chi connectivity index (χ4n) is 3.00. The Balaban J connectivity index is 1.44. The molecule has 8 heteroatoms. The average Bonchev–Trinajstić information content (AvgIpc) is 3.23. The van der Waals surface area contributed by atoms with E-state index in [1.807, 2.05) is 30.3 Å². The minimum atomic E-state index is -0.255. The molecule has 0 unspecified atom stereocenters. The Hall–Kier alpha value is -3.81. The van der Waals surface area contributed by atoms with Crippen LogP contribution in [0.4, 0.5) is 0 Å². The lowest BCUT2D eigenvalue weighted by Crippen LogP contribution is -2.32. The van der Waals surface area contributed by atoms with Gasteiger partial charge in [0.15, 0.2) is 0 Å². The number of nitrogens with one attached hydrogen (secondary N) is 1. The van der Waals surface area contributed by atoms with Crippen LogP contribution in [0, 0.1) is 0 Å². The van der Waals surface area contributed by atoms with E-state index in [1.165, 1.54) is 17.2 Å². The minimum absolute atomic E-state index is 0.0814. The molecular formula is C20H18N6O2. The van der Waals surface area contributed by atoms with Crippen LogP contribution < -0.4 is 10.9 Å². The van der Waals surface area contributed by atoms with E-state index in [9.17, 15) is 9.59 Å². The normalized spacial score (nSPS) is 10.9. The summed E-state index contributed by atoms with van der Waals surface area (Å²) >= 11 is 0. The molecule has 28 heavy (non-hydrogen) atoms. The molecule has 0 saturated heterocycles. The molecule has 0 aliphatic carbocycles. The number of hydrogen-bond donors (Lipinski definition) is 1. The van der Waals surface area contributed by atoms with Gasteiger partial charge in [-0.1, -0.05) is 36.4 Å². The molecule has 0 aliphatic rings. The van der Waals surface area contributed by atoms with Crippen LogP contribution in [0.5, 0.6) is 0 Å². The summed E-state index contributed by atoms with van der Waals surface area (Å²) in [6.07, 6.45) is 4.54. The van der Waals surface area contributed by atoms with Crippen molar-refractivity contribution in [2.24, 2.45) is 0 Å². The third kappa shape index (κ3) is 3.80. The zero-order chi connectivity index (χ0) is 19.3. The van der Waals surface area contributed by atoms with E-state index in [0.717, 1.165) is 11.1 Å². The highest BCUT2D eigenvalue weighted by Gasteiger charge is 2.09. The highest BCUT2D eigenvalue weighted by atomic mass is 16.2. The quantitative estimate of drug-likeness (QED) is 0.550. The van der Waals surface area contributed by atoms with Gasteiger partial charge >= 0.3 is 0 Å². The molecule has 8 nitrogen and oxygen atoms in total. The highest BCUT2D eigenvalue weighted by molar-refractivity contribution is 5.78. The lowest BCUT2D eigenvalue weighted by molar-refractivity contribution is -0.121. The summed E-state index contributed by atoms with van der Waals surface area (Å²) in [6.45, 7) is 0.849. The van der Waals surface area contributed by atoms with E-state index in [0.29, 0.717) is 24.0 Å².